The second kappa shape index (κ2) is 11.1. The molecule has 0 saturated heterocycles. The quantitative estimate of drug-likeness (QED) is 0.577. The van der Waals surface area contributed by atoms with Crippen LogP contribution in [0, 0.1) is 11.8 Å². The molecule has 112 valence electrons. The molecule has 0 radical (unpaired) electrons. The van der Waals surface area contributed by atoms with E-state index < -0.39 is 0 Å². The van der Waals surface area contributed by atoms with E-state index in [1.54, 1.807) is 11.8 Å². The molecule has 2 amide bonds. The number of nitrogens with two attached hydrogens (primary N) is 2. The Morgan fingerprint density at radius 1 is 0.895 bits per heavy atom. The third kappa shape index (κ3) is 8.92. The first-order valence-corrected chi connectivity index (χ1v) is 8.34. The van der Waals surface area contributed by atoms with E-state index in [0.717, 1.165) is 38.5 Å². The Morgan fingerprint density at radius 3 is 1.53 bits per heavy atom. The maximum absolute atomic E-state index is 11.3. The minimum Gasteiger partial charge on any atom is -0.369 e. The lowest BCUT2D eigenvalue weighted by Crippen LogP contribution is -2.28. The van der Waals surface area contributed by atoms with Crippen LogP contribution in [0.2, 0.25) is 0 Å². The van der Waals surface area contributed by atoms with Crippen molar-refractivity contribution < 1.29 is 9.59 Å². The fourth-order valence-electron chi connectivity index (χ4n) is 1.87. The maximum atomic E-state index is 11.3. The van der Waals surface area contributed by atoms with Crippen molar-refractivity contribution in [3.63, 3.8) is 0 Å². The van der Waals surface area contributed by atoms with Crippen LogP contribution in [0.4, 0.5) is 0 Å². The van der Waals surface area contributed by atoms with Crippen LogP contribution in [0.1, 0.15) is 52.4 Å². The highest BCUT2D eigenvalue weighted by Crippen LogP contribution is 2.20. The summed E-state index contributed by atoms with van der Waals surface area (Å²) in [5, 5.41) is 0. The van der Waals surface area contributed by atoms with Gasteiger partial charge >= 0.3 is 0 Å². The third-order valence-electron chi connectivity index (χ3n) is 3.26. The van der Waals surface area contributed by atoms with Gasteiger partial charge in [0.25, 0.3) is 0 Å². The van der Waals surface area contributed by atoms with E-state index in [2.05, 4.69) is 13.8 Å². The van der Waals surface area contributed by atoms with E-state index >= 15 is 0 Å². The van der Waals surface area contributed by atoms with Gasteiger partial charge in [-0.15, -0.1) is 0 Å². The Balaban J connectivity index is 4.05. The monoisotopic (exact) mass is 288 g/mol. The van der Waals surface area contributed by atoms with Gasteiger partial charge in [0.2, 0.25) is 11.8 Å². The fraction of sp³-hybridized carbons (Fsp3) is 0.857. The maximum Gasteiger partial charge on any atom is 0.221 e. The number of carbonyl (C=O) groups excluding carboxylic acids is 2. The SMILES string of the molecule is CCCCC(CSCC(CCCC)C(N)=O)C(N)=O. The predicted octanol–water partition coefficient (Wildman–Crippen LogP) is 2.30. The Hall–Kier alpha value is -0.710. The number of carbonyl (C=O) groups is 2. The van der Waals surface area contributed by atoms with Crippen molar-refractivity contribution in [2.75, 3.05) is 11.5 Å². The second-order valence-electron chi connectivity index (χ2n) is 5.02. The van der Waals surface area contributed by atoms with Gasteiger partial charge in [-0.3, -0.25) is 9.59 Å². The van der Waals surface area contributed by atoms with Crippen molar-refractivity contribution in [2.24, 2.45) is 23.3 Å². The number of hydrogen-bond donors (Lipinski definition) is 2. The summed E-state index contributed by atoms with van der Waals surface area (Å²) in [5.74, 6) is 0.779. The van der Waals surface area contributed by atoms with Crippen LogP contribution in [0.25, 0.3) is 0 Å². The van der Waals surface area contributed by atoms with Gasteiger partial charge < -0.3 is 11.5 Å². The first-order valence-electron chi connectivity index (χ1n) is 7.19. The number of unbranched alkanes of at least 4 members (excludes halogenated alkanes) is 2. The molecule has 19 heavy (non-hydrogen) atoms. The first-order chi connectivity index (χ1) is 9.02. The van der Waals surface area contributed by atoms with Crippen LogP contribution in [-0.2, 0) is 9.59 Å². The predicted molar refractivity (Wildman–Crippen MR) is 81.7 cm³/mol. The molecule has 0 spiro atoms. The standard InChI is InChI=1S/C14H28N2O2S/c1-3-5-7-11(13(15)17)9-19-10-12(14(16)18)8-6-4-2/h11-12H,3-10H2,1-2H3,(H2,15,17)(H2,16,18). The Morgan fingerprint density at radius 2 is 1.26 bits per heavy atom. The summed E-state index contributed by atoms with van der Waals surface area (Å²) in [6, 6.07) is 0. The topological polar surface area (TPSA) is 86.2 Å². The smallest absolute Gasteiger partial charge is 0.221 e. The Bertz CT molecular complexity index is 246. The molecule has 2 atom stereocenters. The zero-order chi connectivity index (χ0) is 14.7. The van der Waals surface area contributed by atoms with Crippen LogP contribution >= 0.6 is 11.8 Å². The number of hydrogen-bond acceptors (Lipinski definition) is 3. The summed E-state index contributed by atoms with van der Waals surface area (Å²) in [5.41, 5.74) is 10.8. The average Bonchev–Trinajstić information content (AvgIpc) is 2.36. The van der Waals surface area contributed by atoms with Crippen LogP contribution in [0.3, 0.4) is 0 Å². The summed E-state index contributed by atoms with van der Waals surface area (Å²) < 4.78 is 0. The van der Waals surface area contributed by atoms with Gasteiger partial charge in [-0.2, -0.15) is 11.8 Å². The largest absolute Gasteiger partial charge is 0.369 e. The molecule has 0 aromatic carbocycles. The lowest BCUT2D eigenvalue weighted by molar-refractivity contribution is -0.122. The second-order valence-corrected chi connectivity index (χ2v) is 6.10. The van der Waals surface area contributed by atoms with E-state index in [-0.39, 0.29) is 23.7 Å². The van der Waals surface area contributed by atoms with Crippen molar-refractivity contribution >= 4 is 23.6 Å². The van der Waals surface area contributed by atoms with Crippen LogP contribution in [-0.4, -0.2) is 23.3 Å². The van der Waals surface area contributed by atoms with E-state index in [1.807, 2.05) is 0 Å². The van der Waals surface area contributed by atoms with Crippen molar-refractivity contribution in [1.82, 2.24) is 0 Å². The number of amides is 2. The average molecular weight is 288 g/mol. The van der Waals surface area contributed by atoms with Gasteiger partial charge in [0.05, 0.1) is 0 Å². The Labute approximate surface area is 121 Å². The number of rotatable bonds is 12. The van der Waals surface area contributed by atoms with Crippen LogP contribution < -0.4 is 11.5 Å². The lowest BCUT2D eigenvalue weighted by Gasteiger charge is -2.15. The molecule has 0 bridgehead atoms. The molecule has 5 heteroatoms. The highest BCUT2D eigenvalue weighted by atomic mass is 32.2. The highest BCUT2D eigenvalue weighted by Gasteiger charge is 2.18. The molecule has 0 fully saturated rings. The molecule has 0 aliphatic carbocycles. The van der Waals surface area contributed by atoms with Crippen LogP contribution in [0.5, 0.6) is 0 Å². The van der Waals surface area contributed by atoms with Crippen molar-refractivity contribution in [3.8, 4) is 0 Å². The summed E-state index contributed by atoms with van der Waals surface area (Å²) in [6.45, 7) is 4.19. The van der Waals surface area contributed by atoms with E-state index in [1.165, 1.54) is 0 Å². The molecule has 0 aromatic rings. The molecule has 0 aliphatic heterocycles. The zero-order valence-corrected chi connectivity index (χ0v) is 13.0. The fourth-order valence-corrected chi connectivity index (χ4v) is 3.24. The molecule has 0 rings (SSSR count). The summed E-state index contributed by atoms with van der Waals surface area (Å²) >= 11 is 1.63. The van der Waals surface area contributed by atoms with E-state index in [0.29, 0.717) is 11.5 Å². The van der Waals surface area contributed by atoms with E-state index in [4.69, 9.17) is 11.5 Å². The molecule has 4 nitrogen and oxygen atoms in total. The molecule has 0 aromatic heterocycles. The normalized spacial score (nSPS) is 14.0. The number of primary amides is 2. The summed E-state index contributed by atoms with van der Waals surface area (Å²) in [7, 11) is 0. The van der Waals surface area contributed by atoms with Gasteiger partial charge in [-0.25, -0.2) is 0 Å². The van der Waals surface area contributed by atoms with Crippen molar-refractivity contribution in [3.05, 3.63) is 0 Å². The summed E-state index contributed by atoms with van der Waals surface area (Å²) in [4.78, 5) is 22.6. The first kappa shape index (κ1) is 18.3. The molecule has 0 heterocycles. The van der Waals surface area contributed by atoms with Gasteiger partial charge in [0.15, 0.2) is 0 Å². The van der Waals surface area contributed by atoms with Gasteiger partial charge in [-0.05, 0) is 12.8 Å². The van der Waals surface area contributed by atoms with Gasteiger partial charge in [0, 0.05) is 23.3 Å². The van der Waals surface area contributed by atoms with Gasteiger partial charge in [0.1, 0.15) is 0 Å². The Kier molecular flexibility index (Phi) is 10.7. The molecule has 0 aliphatic rings. The van der Waals surface area contributed by atoms with Crippen LogP contribution in [0.15, 0.2) is 0 Å². The molecule has 0 saturated carbocycles. The highest BCUT2D eigenvalue weighted by molar-refractivity contribution is 7.99. The molecule has 4 N–H and O–H groups in total. The lowest BCUT2D eigenvalue weighted by atomic mass is 10.0. The van der Waals surface area contributed by atoms with Crippen molar-refractivity contribution in [2.45, 2.75) is 52.4 Å². The van der Waals surface area contributed by atoms with Gasteiger partial charge in [-0.1, -0.05) is 39.5 Å². The molecule has 2 unspecified atom stereocenters. The molecular weight excluding hydrogens is 260 g/mol. The molecular formula is C14H28N2O2S. The third-order valence-corrected chi connectivity index (χ3v) is 4.53. The van der Waals surface area contributed by atoms with E-state index in [9.17, 15) is 9.59 Å². The minimum atomic E-state index is -0.231. The van der Waals surface area contributed by atoms with Crippen molar-refractivity contribution in [1.29, 1.82) is 0 Å². The number of thioether (sulfide) groups is 1. The minimum absolute atomic E-state index is 0.0790. The summed E-state index contributed by atoms with van der Waals surface area (Å²) in [6.07, 6.45) is 5.85. The zero-order valence-electron chi connectivity index (χ0n) is 12.2.